The highest BCUT2D eigenvalue weighted by Gasteiger charge is 2.51. The lowest BCUT2D eigenvalue weighted by Gasteiger charge is -2.40. The van der Waals surface area contributed by atoms with E-state index in [4.69, 9.17) is 0 Å². The Hall–Kier alpha value is -1.38. The summed E-state index contributed by atoms with van der Waals surface area (Å²) in [5, 5.41) is 6.90. The van der Waals surface area contributed by atoms with Crippen molar-refractivity contribution in [2.45, 2.75) is 62.7 Å². The Labute approximate surface area is 164 Å². The summed E-state index contributed by atoms with van der Waals surface area (Å²) >= 11 is 2.04. The van der Waals surface area contributed by atoms with E-state index >= 15 is 0 Å². The molecular formula is C19H29N5O2S. The molecule has 0 spiro atoms. The van der Waals surface area contributed by atoms with Crippen molar-refractivity contribution in [1.29, 1.82) is 0 Å². The van der Waals surface area contributed by atoms with Gasteiger partial charge in [0.25, 0.3) is 5.56 Å². The predicted octanol–water partition coefficient (Wildman–Crippen LogP) is 0.868. The number of H-pyrrole nitrogens is 1. The number of fused-ring (bicyclic) bond motifs is 1. The van der Waals surface area contributed by atoms with Gasteiger partial charge in [-0.05, 0) is 56.6 Å². The van der Waals surface area contributed by atoms with Crippen LogP contribution in [0.15, 0.2) is 17.2 Å². The van der Waals surface area contributed by atoms with Gasteiger partial charge in [0.2, 0.25) is 5.91 Å². The number of aromatic amines is 1. The number of carbonyl (C=O) groups is 1. The molecule has 4 rings (SSSR count). The summed E-state index contributed by atoms with van der Waals surface area (Å²) in [6.45, 7) is 2.26. The number of piperidine rings is 1. The molecule has 0 radical (unpaired) electrons. The second kappa shape index (κ2) is 8.32. The number of carbonyl (C=O) groups excluding carboxylic acids is 1. The number of amides is 1. The topological polar surface area (TPSA) is 90.1 Å². The molecular weight excluding hydrogens is 362 g/mol. The number of rotatable bonds is 5. The molecule has 0 unspecified atom stereocenters. The van der Waals surface area contributed by atoms with Crippen LogP contribution in [0.2, 0.25) is 0 Å². The van der Waals surface area contributed by atoms with E-state index in [0.29, 0.717) is 24.3 Å². The van der Waals surface area contributed by atoms with Crippen LogP contribution < -0.4 is 16.2 Å². The molecule has 1 aromatic rings. The summed E-state index contributed by atoms with van der Waals surface area (Å²) in [4.78, 5) is 33.7. The summed E-state index contributed by atoms with van der Waals surface area (Å²) in [5.41, 5.74) is 0.00119. The molecule has 3 aliphatic heterocycles. The van der Waals surface area contributed by atoms with Gasteiger partial charge in [0.15, 0.2) is 0 Å². The van der Waals surface area contributed by atoms with Crippen LogP contribution in [0, 0.1) is 0 Å². The Morgan fingerprint density at radius 3 is 3.00 bits per heavy atom. The molecule has 3 N–H and O–H groups in total. The van der Waals surface area contributed by atoms with Gasteiger partial charge in [0.05, 0.1) is 18.6 Å². The fourth-order valence-electron chi connectivity index (χ4n) is 4.83. The Bertz CT molecular complexity index is 720. The zero-order valence-corrected chi connectivity index (χ0v) is 16.5. The molecule has 4 heterocycles. The van der Waals surface area contributed by atoms with Gasteiger partial charge in [0, 0.05) is 24.7 Å². The van der Waals surface area contributed by atoms with Crippen LogP contribution in [-0.2, 0) is 11.3 Å². The Kier molecular flexibility index (Phi) is 5.85. The molecule has 2 atom stereocenters. The number of thioether (sulfide) groups is 1. The molecule has 1 aromatic heterocycles. The van der Waals surface area contributed by atoms with E-state index in [9.17, 15) is 9.59 Å². The standard InChI is InChI=1S/C19H29N5O2S/c25-17-9-15(21-13-22-17)11-20-18(26)19-5-1-2-6-24(19)12-16(10-19)23-14-3-7-27-8-4-14/h9,13-14,16,23H,1-8,10-12H2,(H,20,26)(H,21,22,25)/t16-,19-/m0/s1. The first kappa shape index (κ1) is 19.0. The van der Waals surface area contributed by atoms with Gasteiger partial charge in [-0.3, -0.25) is 14.5 Å². The van der Waals surface area contributed by atoms with Crippen molar-refractivity contribution >= 4 is 17.7 Å². The summed E-state index contributed by atoms with van der Waals surface area (Å²) in [6.07, 6.45) is 7.90. The number of nitrogens with zero attached hydrogens (tertiary/aromatic N) is 2. The van der Waals surface area contributed by atoms with E-state index in [0.717, 1.165) is 38.8 Å². The van der Waals surface area contributed by atoms with Crippen LogP contribution in [-0.4, -0.2) is 63.0 Å². The van der Waals surface area contributed by atoms with Gasteiger partial charge in [-0.1, -0.05) is 0 Å². The minimum absolute atomic E-state index is 0.0905. The number of hydrogen-bond acceptors (Lipinski definition) is 6. The van der Waals surface area contributed by atoms with Gasteiger partial charge < -0.3 is 15.6 Å². The molecule has 0 aliphatic carbocycles. The third kappa shape index (κ3) is 4.22. The third-order valence-corrected chi connectivity index (χ3v) is 7.23. The van der Waals surface area contributed by atoms with E-state index in [2.05, 4.69) is 25.5 Å². The molecule has 3 fully saturated rings. The molecule has 0 bridgehead atoms. The van der Waals surface area contributed by atoms with Crippen LogP contribution in [0.1, 0.15) is 44.2 Å². The van der Waals surface area contributed by atoms with Gasteiger partial charge in [-0.2, -0.15) is 11.8 Å². The summed E-state index contributed by atoms with van der Waals surface area (Å²) in [7, 11) is 0. The van der Waals surface area contributed by atoms with E-state index in [1.165, 1.54) is 36.7 Å². The van der Waals surface area contributed by atoms with Crippen molar-refractivity contribution in [3.05, 3.63) is 28.4 Å². The second-order valence-electron chi connectivity index (χ2n) is 7.97. The van der Waals surface area contributed by atoms with E-state index in [1.54, 1.807) is 0 Å². The van der Waals surface area contributed by atoms with E-state index in [1.807, 2.05) is 11.8 Å². The molecule has 148 valence electrons. The summed E-state index contributed by atoms with van der Waals surface area (Å²) in [6, 6.07) is 2.43. The van der Waals surface area contributed by atoms with Gasteiger partial charge >= 0.3 is 0 Å². The SMILES string of the molecule is O=C(NCc1cc(=O)[nH]cn1)[C@@]12CCCCN1C[C@@H](NC1CCSCC1)C2. The maximum absolute atomic E-state index is 13.2. The number of nitrogens with one attached hydrogen (secondary N) is 3. The van der Waals surface area contributed by atoms with Gasteiger partial charge in [0.1, 0.15) is 5.54 Å². The lowest BCUT2D eigenvalue weighted by molar-refractivity contribution is -0.134. The molecule has 0 saturated carbocycles. The zero-order valence-electron chi connectivity index (χ0n) is 15.7. The quantitative estimate of drug-likeness (QED) is 0.690. The van der Waals surface area contributed by atoms with Crippen molar-refractivity contribution in [2.75, 3.05) is 24.6 Å². The molecule has 3 saturated heterocycles. The third-order valence-electron chi connectivity index (χ3n) is 6.18. The molecule has 0 aromatic carbocycles. The first-order valence-electron chi connectivity index (χ1n) is 10.1. The van der Waals surface area contributed by atoms with Crippen LogP contribution in [0.4, 0.5) is 0 Å². The lowest BCUT2D eigenvalue weighted by Crippen LogP contribution is -2.57. The van der Waals surface area contributed by atoms with Crippen LogP contribution >= 0.6 is 11.8 Å². The van der Waals surface area contributed by atoms with Gasteiger partial charge in [-0.25, -0.2) is 4.98 Å². The van der Waals surface area contributed by atoms with E-state index < -0.39 is 5.54 Å². The van der Waals surface area contributed by atoms with Crippen molar-refractivity contribution in [3.63, 3.8) is 0 Å². The van der Waals surface area contributed by atoms with Crippen LogP contribution in [0.3, 0.4) is 0 Å². The molecule has 8 heteroatoms. The fourth-order valence-corrected chi connectivity index (χ4v) is 5.93. The molecule has 27 heavy (non-hydrogen) atoms. The van der Waals surface area contributed by atoms with Crippen molar-refractivity contribution < 1.29 is 4.79 Å². The maximum Gasteiger partial charge on any atom is 0.250 e. The smallest absolute Gasteiger partial charge is 0.250 e. The first-order chi connectivity index (χ1) is 13.2. The Balaban J connectivity index is 1.41. The average Bonchev–Trinajstić information content (AvgIpc) is 3.06. The average molecular weight is 392 g/mol. The highest BCUT2D eigenvalue weighted by Crippen LogP contribution is 2.38. The van der Waals surface area contributed by atoms with Crippen LogP contribution in [0.5, 0.6) is 0 Å². The van der Waals surface area contributed by atoms with Crippen molar-refractivity contribution in [1.82, 2.24) is 25.5 Å². The molecule has 1 amide bonds. The minimum atomic E-state index is -0.402. The summed E-state index contributed by atoms with van der Waals surface area (Å²) in [5.74, 6) is 2.57. The van der Waals surface area contributed by atoms with E-state index in [-0.39, 0.29) is 11.5 Å². The minimum Gasteiger partial charge on any atom is -0.349 e. The normalized spacial score (nSPS) is 29.4. The van der Waals surface area contributed by atoms with Crippen LogP contribution in [0.25, 0.3) is 0 Å². The Morgan fingerprint density at radius 2 is 2.19 bits per heavy atom. The number of hydrogen-bond donors (Lipinski definition) is 3. The highest BCUT2D eigenvalue weighted by molar-refractivity contribution is 7.99. The molecule has 3 aliphatic rings. The molecule has 7 nitrogen and oxygen atoms in total. The zero-order chi connectivity index (χ0) is 18.7. The largest absolute Gasteiger partial charge is 0.349 e. The Morgan fingerprint density at radius 1 is 1.33 bits per heavy atom. The van der Waals surface area contributed by atoms with Gasteiger partial charge in [-0.15, -0.1) is 0 Å². The maximum atomic E-state index is 13.2. The highest BCUT2D eigenvalue weighted by atomic mass is 32.2. The van der Waals surface area contributed by atoms with Crippen molar-refractivity contribution in [2.24, 2.45) is 0 Å². The second-order valence-corrected chi connectivity index (χ2v) is 9.20. The fraction of sp³-hybridized carbons (Fsp3) is 0.737. The monoisotopic (exact) mass is 391 g/mol. The number of aromatic nitrogens is 2. The lowest BCUT2D eigenvalue weighted by atomic mass is 9.84. The summed E-state index contributed by atoms with van der Waals surface area (Å²) < 4.78 is 0. The predicted molar refractivity (Wildman–Crippen MR) is 107 cm³/mol. The first-order valence-corrected chi connectivity index (χ1v) is 11.2. The van der Waals surface area contributed by atoms with Crippen molar-refractivity contribution in [3.8, 4) is 0 Å².